The van der Waals surface area contributed by atoms with E-state index in [2.05, 4.69) is 16.0 Å². The van der Waals surface area contributed by atoms with Crippen LogP contribution in [0.1, 0.15) is 189 Å². The van der Waals surface area contributed by atoms with Crippen LogP contribution in [-0.4, -0.2) is 300 Å². The molecule has 5 aliphatic heterocycles. The van der Waals surface area contributed by atoms with Crippen molar-refractivity contribution in [2.24, 2.45) is 41.4 Å². The fourth-order valence-electron chi connectivity index (χ4n) is 18.7. The molecule has 14 atom stereocenters. The van der Waals surface area contributed by atoms with Gasteiger partial charge in [-0.25, -0.2) is 8.78 Å². The van der Waals surface area contributed by atoms with Crippen molar-refractivity contribution in [3.63, 3.8) is 0 Å². The summed E-state index contributed by atoms with van der Waals surface area (Å²) in [5, 5.41) is 8.48. The lowest BCUT2D eigenvalue weighted by Gasteiger charge is -2.47. The second kappa shape index (κ2) is 38.2. The van der Waals surface area contributed by atoms with Crippen LogP contribution in [0.3, 0.4) is 0 Å². The number of nitrogens with zero attached hydrogens (tertiary/aromatic N) is 9. The predicted octanol–water partition coefficient (Wildman–Crippen LogP) is 6.65. The molecule has 34 heteroatoms. The number of morpholine rings is 1. The van der Waals surface area contributed by atoms with Crippen molar-refractivity contribution in [1.29, 1.82) is 0 Å². The summed E-state index contributed by atoms with van der Waals surface area (Å²) >= 11 is 0. The van der Waals surface area contributed by atoms with Crippen LogP contribution in [-0.2, 0) is 67.0 Å². The highest BCUT2D eigenvalue weighted by molar-refractivity contribution is 6.01. The highest BCUT2D eigenvalue weighted by atomic mass is 19.4. The molecule has 8 fully saturated rings. The van der Waals surface area contributed by atoms with Crippen LogP contribution in [0.5, 0.6) is 0 Å². The van der Waals surface area contributed by atoms with Gasteiger partial charge in [0.05, 0.1) is 43.7 Å². The van der Waals surface area contributed by atoms with Gasteiger partial charge in [0.2, 0.25) is 70.9 Å². The third-order valence-corrected chi connectivity index (χ3v) is 25.8. The number of rotatable bonds is 13. The second-order valence-electron chi connectivity index (χ2n) is 34.1. The number of amides is 12. The van der Waals surface area contributed by atoms with Crippen LogP contribution in [0, 0.1) is 41.4 Å². The molecule has 0 aromatic carbocycles. The van der Waals surface area contributed by atoms with Crippen LogP contribution in [0.15, 0.2) is 12.2 Å². The quantitative estimate of drug-likeness (QED) is 0.129. The Morgan fingerprint density at radius 3 is 1.82 bits per heavy atom. The summed E-state index contributed by atoms with van der Waals surface area (Å²) in [7, 11) is 8.10. The number of carbonyl (C=O) groups is 12. The molecule has 4 aliphatic carbocycles. The summed E-state index contributed by atoms with van der Waals surface area (Å²) < 4.78 is 128. The highest BCUT2D eigenvalue weighted by Crippen LogP contribution is 2.46. The van der Waals surface area contributed by atoms with Crippen molar-refractivity contribution in [2.45, 2.75) is 286 Å². The minimum atomic E-state index is -5.22. The molecule has 4 saturated heterocycles. The Kier molecular flexibility index (Phi) is 30.3. The van der Waals surface area contributed by atoms with Gasteiger partial charge in [-0.15, -0.1) is 0 Å². The molecular formula is C79H120F8N12O14. The third-order valence-electron chi connectivity index (χ3n) is 25.8. The fraction of sp³-hybridized carbons (Fsp3) is 0.823. The van der Waals surface area contributed by atoms with E-state index >= 15 is 51.9 Å². The maximum atomic E-state index is 15.9. The van der Waals surface area contributed by atoms with Gasteiger partial charge in [-0.05, 0) is 159 Å². The maximum absolute atomic E-state index is 15.9. The molecule has 4 bridgehead atoms. The number of likely N-dealkylation sites (tertiary alicyclic amines) is 1. The van der Waals surface area contributed by atoms with Gasteiger partial charge in [0, 0.05) is 81.5 Å². The Bertz CT molecular complexity index is 3420. The van der Waals surface area contributed by atoms with Gasteiger partial charge in [-0.2, -0.15) is 26.3 Å². The fourth-order valence-corrected chi connectivity index (χ4v) is 18.7. The summed E-state index contributed by atoms with van der Waals surface area (Å²) in [6, 6.07) is -11.4. The van der Waals surface area contributed by atoms with E-state index in [1.165, 1.54) is 61.9 Å². The van der Waals surface area contributed by atoms with E-state index in [9.17, 15) is 40.7 Å². The van der Waals surface area contributed by atoms with E-state index in [0.29, 0.717) is 51.4 Å². The standard InChI is InChI=1S/C79H120F8N12O14/c1-12-46(5)66-74(109)92(7)44-64(102)93(8)57-22-15-14-18-33-98(73(57)108)61(37-47-23-26-50(27-24-47)78(82,83)84)71(106)91(6)43-62(100)88-56(30-25-48-35-54(80)65(55(81)36-48)79(85,86)87)70(105)99-42-53(112-13-2)38-59(99)69(104)90-77(31-19-32-77)76(111)96(11)67(49-20-16-17-21-49)75(110)95(10)60(72(107)97-40-51-28-29-52(41-97)113-51)39-63(101)94(9)58(34-45(3)4)68(103)89-66/h14-15,45-61,65-67H,12-13,16-44H2,1-11H3,(H,88,100)(H,89,103)(H,90,104)/b15-14-/t46-,47?,48?,50?,51?,52?,53+,54?,55?,56-,57-,58-,59-,60-,61-,65?,66-,67-/m0/s1. The molecule has 113 heavy (non-hydrogen) atoms. The molecule has 9 aliphatic rings. The summed E-state index contributed by atoms with van der Waals surface area (Å²) in [5.74, 6) is -16.9. The van der Waals surface area contributed by atoms with Crippen molar-refractivity contribution in [2.75, 3.05) is 88.2 Å². The van der Waals surface area contributed by atoms with E-state index in [0.717, 1.165) is 19.6 Å². The van der Waals surface area contributed by atoms with Crippen molar-refractivity contribution in [1.82, 2.24) is 60.0 Å². The molecule has 0 aromatic heterocycles. The van der Waals surface area contributed by atoms with Crippen LogP contribution >= 0.6 is 0 Å². The molecule has 26 nitrogen and oxygen atoms in total. The first-order chi connectivity index (χ1) is 53.2. The number of fused-ring (bicyclic) bond motifs is 5. The number of alkyl halides is 8. The lowest BCUT2D eigenvalue weighted by Crippen LogP contribution is -2.68. The van der Waals surface area contributed by atoms with Crippen LogP contribution in [0.4, 0.5) is 35.1 Å². The summed E-state index contributed by atoms with van der Waals surface area (Å²) in [5.41, 5.74) is -1.70. The lowest BCUT2D eigenvalue weighted by atomic mass is 9.74. The molecule has 4 unspecified atom stereocenters. The summed E-state index contributed by atoms with van der Waals surface area (Å²) in [6.07, 6.45) is -12.5. The molecular weight excluding hydrogens is 1490 g/mol. The number of hydrogen-bond donors (Lipinski definition) is 3. The SMILES string of the molecule is CCO[C@@H]1C[C@H]2C(=O)NC3(CCC3)C(=O)N(C)[C@@H](C3CCCC3)C(=O)N(C)[C@H](C(=O)N3CC4CCC(C3)O4)CC(=O)N(C)[C@@H](CC(C)C)C(=O)N[C@@H]([C@@H](C)CC)C(=O)N(C)CC(=O)N(C)[C@H]3C/C=C\CCN(C3=O)[C@@H](CC3CCC(C(F)(F)F)CC3)C(=O)N(C)CC(=O)N[C@@H](CCC3CC(F)C(C(F)(F)F)C(F)C3)C(=O)N2C1. The number of ether oxygens (including phenoxy) is 2. The number of halogens is 8. The normalized spacial score (nSPS) is 33.6. The molecule has 1 spiro atoms. The van der Waals surface area contributed by atoms with Gasteiger partial charge in [-0.3, -0.25) is 57.5 Å². The van der Waals surface area contributed by atoms with E-state index in [1.54, 1.807) is 37.8 Å². The monoisotopic (exact) mass is 1610 g/mol. The zero-order chi connectivity index (χ0) is 83.0. The van der Waals surface area contributed by atoms with Gasteiger partial charge in [0.25, 0.3) is 0 Å². The summed E-state index contributed by atoms with van der Waals surface area (Å²) in [6.45, 7) is 7.22. The Labute approximate surface area is 657 Å². The zero-order valence-corrected chi connectivity index (χ0v) is 67.4. The van der Waals surface area contributed by atoms with Crippen molar-refractivity contribution in [3.8, 4) is 0 Å². The average Bonchev–Trinajstić information content (AvgIpc) is 1.70. The first kappa shape index (κ1) is 89.7. The lowest BCUT2D eigenvalue weighted by molar-refractivity contribution is -0.219. The Balaban J connectivity index is 1.11. The summed E-state index contributed by atoms with van der Waals surface area (Å²) in [4.78, 5) is 194. The predicted molar refractivity (Wildman–Crippen MR) is 397 cm³/mol. The smallest absolute Gasteiger partial charge is 0.377 e. The first-order valence-corrected chi connectivity index (χ1v) is 40.9. The molecule has 0 radical (unpaired) electrons. The van der Waals surface area contributed by atoms with E-state index in [-0.39, 0.29) is 128 Å². The number of nitrogens with one attached hydrogen (secondary N) is 3. The Hall–Kier alpha value is -7.26. The Morgan fingerprint density at radius 1 is 0.619 bits per heavy atom. The minimum absolute atomic E-state index is 0.00580. The van der Waals surface area contributed by atoms with E-state index < -0.39 is 230 Å². The van der Waals surface area contributed by atoms with E-state index in [1.807, 2.05) is 13.8 Å². The van der Waals surface area contributed by atoms with Crippen molar-refractivity contribution in [3.05, 3.63) is 12.2 Å². The largest absolute Gasteiger partial charge is 0.397 e. The highest BCUT2D eigenvalue weighted by Gasteiger charge is 2.57. The molecule has 3 N–H and O–H groups in total. The van der Waals surface area contributed by atoms with Crippen LogP contribution in [0.2, 0.25) is 0 Å². The molecule has 4 saturated carbocycles. The van der Waals surface area contributed by atoms with E-state index in [4.69, 9.17) is 9.47 Å². The van der Waals surface area contributed by atoms with Gasteiger partial charge >= 0.3 is 12.4 Å². The van der Waals surface area contributed by atoms with Gasteiger partial charge < -0.3 is 69.5 Å². The zero-order valence-electron chi connectivity index (χ0n) is 67.4. The number of likely N-dealkylation sites (N-methyl/N-ethyl adjacent to an activating group) is 6. The first-order valence-electron chi connectivity index (χ1n) is 40.9. The van der Waals surface area contributed by atoms with Crippen LogP contribution < -0.4 is 16.0 Å². The molecule has 5 heterocycles. The minimum Gasteiger partial charge on any atom is -0.377 e. The van der Waals surface area contributed by atoms with Gasteiger partial charge in [0.1, 0.15) is 72.1 Å². The van der Waals surface area contributed by atoms with Gasteiger partial charge in [0.15, 0.2) is 0 Å². The number of hydrogen-bond acceptors (Lipinski definition) is 14. The Morgan fingerprint density at radius 2 is 1.25 bits per heavy atom. The van der Waals surface area contributed by atoms with Crippen LogP contribution in [0.25, 0.3) is 0 Å². The average molecular weight is 1610 g/mol. The molecule has 636 valence electrons. The molecule has 12 amide bonds. The number of carbonyl (C=O) groups excluding carboxylic acids is 12. The van der Waals surface area contributed by atoms with Crippen molar-refractivity contribution >= 4 is 70.9 Å². The third kappa shape index (κ3) is 21.3. The topological polar surface area (TPSA) is 289 Å². The van der Waals surface area contributed by atoms with Crippen molar-refractivity contribution < 1.29 is 102 Å². The van der Waals surface area contributed by atoms with Gasteiger partial charge in [-0.1, -0.05) is 59.1 Å². The molecule has 0 aromatic rings. The molecule has 9 rings (SSSR count). The maximum Gasteiger partial charge on any atom is 0.397 e. The second-order valence-corrected chi connectivity index (χ2v) is 34.1.